The van der Waals surface area contributed by atoms with Crippen LogP contribution in [0.5, 0.6) is 0 Å². The molecule has 3 aliphatic heterocycles. The van der Waals surface area contributed by atoms with Gasteiger partial charge in [0.15, 0.2) is 0 Å². The van der Waals surface area contributed by atoms with Crippen LogP contribution in [0.25, 0.3) is 0 Å². The van der Waals surface area contributed by atoms with Gasteiger partial charge in [-0.15, -0.1) is 11.8 Å². The fourth-order valence-electron chi connectivity index (χ4n) is 3.19. The molecule has 3 saturated heterocycles. The second-order valence-electron chi connectivity index (χ2n) is 5.36. The highest BCUT2D eigenvalue weighted by atomic mass is 32.2. The molecule has 2 N–H and O–H groups in total. The number of carbonyl (C=O) groups excluding carboxylic acids is 2. The van der Waals surface area contributed by atoms with Gasteiger partial charge < -0.3 is 20.2 Å². The van der Waals surface area contributed by atoms with Gasteiger partial charge in [-0.25, -0.2) is 9.59 Å². The Balaban J connectivity index is 1.76. The van der Waals surface area contributed by atoms with Gasteiger partial charge in [-0.1, -0.05) is 0 Å². The van der Waals surface area contributed by atoms with E-state index >= 15 is 0 Å². The molecule has 0 aliphatic carbocycles. The number of hydrogen-bond donors (Lipinski definition) is 2. The van der Waals surface area contributed by atoms with E-state index in [1.807, 2.05) is 0 Å². The zero-order valence-corrected chi connectivity index (χ0v) is 11.8. The minimum absolute atomic E-state index is 0.0121. The Labute approximate surface area is 120 Å². The molecule has 0 radical (unpaired) electrons. The van der Waals surface area contributed by atoms with E-state index in [1.54, 1.807) is 4.90 Å². The first-order valence-corrected chi connectivity index (χ1v) is 7.90. The molecule has 0 aromatic carbocycles. The Hall–Kier alpha value is -1.44. The molecule has 20 heavy (non-hydrogen) atoms. The Morgan fingerprint density at radius 1 is 1.35 bits per heavy atom. The Kier molecular flexibility index (Phi) is 3.49. The van der Waals surface area contributed by atoms with Crippen LogP contribution in [0.15, 0.2) is 0 Å². The van der Waals surface area contributed by atoms with Crippen LogP contribution in [0.2, 0.25) is 0 Å². The lowest BCUT2D eigenvalue weighted by Gasteiger charge is -2.38. The molecule has 3 unspecified atom stereocenters. The number of urea groups is 1. The van der Waals surface area contributed by atoms with Gasteiger partial charge in [0.1, 0.15) is 6.04 Å². The number of rotatable bonds is 1. The molecule has 0 aromatic rings. The molecule has 0 bridgehead atoms. The van der Waals surface area contributed by atoms with Crippen molar-refractivity contribution in [3.8, 4) is 0 Å². The molecule has 3 amide bonds. The predicted octanol–water partition coefficient (Wildman–Crippen LogP) is -0.224. The SMILES string of the molecule is O=C1NCC2C1CCCN2C(=O)N1CSCC1C(=O)O. The van der Waals surface area contributed by atoms with Crippen molar-refractivity contribution in [2.24, 2.45) is 5.92 Å². The number of hydrogen-bond acceptors (Lipinski definition) is 4. The first kappa shape index (κ1) is 13.5. The van der Waals surface area contributed by atoms with Gasteiger partial charge in [0.2, 0.25) is 5.91 Å². The zero-order chi connectivity index (χ0) is 14.3. The van der Waals surface area contributed by atoms with Gasteiger partial charge in [0.05, 0.1) is 17.8 Å². The molecule has 3 aliphatic rings. The van der Waals surface area contributed by atoms with Crippen molar-refractivity contribution < 1.29 is 19.5 Å². The molecule has 0 aromatic heterocycles. The number of aliphatic carboxylic acids is 1. The normalized spacial score (nSPS) is 33.0. The predicted molar refractivity (Wildman–Crippen MR) is 72.2 cm³/mol. The van der Waals surface area contributed by atoms with Crippen molar-refractivity contribution in [1.29, 1.82) is 0 Å². The average molecular weight is 299 g/mol. The van der Waals surface area contributed by atoms with Crippen LogP contribution in [-0.4, -0.2) is 69.6 Å². The summed E-state index contributed by atoms with van der Waals surface area (Å²) < 4.78 is 0. The van der Waals surface area contributed by atoms with Crippen LogP contribution < -0.4 is 5.32 Å². The lowest BCUT2D eigenvalue weighted by molar-refractivity contribution is -0.141. The molecule has 8 heteroatoms. The van der Waals surface area contributed by atoms with Gasteiger partial charge >= 0.3 is 12.0 Å². The minimum Gasteiger partial charge on any atom is -0.480 e. The molecule has 3 rings (SSSR count). The van der Waals surface area contributed by atoms with E-state index in [1.165, 1.54) is 16.7 Å². The number of piperidine rings is 1. The number of thioether (sulfide) groups is 1. The monoisotopic (exact) mass is 299 g/mol. The number of amides is 3. The average Bonchev–Trinajstić information content (AvgIpc) is 3.05. The fraction of sp³-hybridized carbons (Fsp3) is 0.750. The number of carboxylic acid groups (broad SMARTS) is 1. The van der Waals surface area contributed by atoms with Crippen molar-refractivity contribution in [3.63, 3.8) is 0 Å². The van der Waals surface area contributed by atoms with Crippen LogP contribution >= 0.6 is 11.8 Å². The summed E-state index contributed by atoms with van der Waals surface area (Å²) in [6, 6.07) is -1.12. The third kappa shape index (κ3) is 2.11. The minimum atomic E-state index is -0.961. The maximum atomic E-state index is 12.6. The third-order valence-electron chi connectivity index (χ3n) is 4.26. The standard InChI is InChI=1S/C12H17N3O4S/c16-10-7-2-1-3-14(8(7)4-13-10)12(19)15-6-20-5-9(15)11(17)18/h7-9H,1-6H2,(H,13,16)(H,17,18). The molecule has 0 saturated carbocycles. The van der Waals surface area contributed by atoms with E-state index in [9.17, 15) is 14.4 Å². The summed E-state index contributed by atoms with van der Waals surface area (Å²) in [5.74, 6) is -0.243. The van der Waals surface area contributed by atoms with Crippen molar-refractivity contribution in [2.45, 2.75) is 24.9 Å². The summed E-state index contributed by atoms with van der Waals surface area (Å²) in [5, 5.41) is 12.0. The first-order chi connectivity index (χ1) is 9.59. The topological polar surface area (TPSA) is 90.0 Å². The van der Waals surface area contributed by atoms with Crippen LogP contribution in [0, 0.1) is 5.92 Å². The van der Waals surface area contributed by atoms with Crippen molar-refractivity contribution >= 4 is 29.7 Å². The maximum Gasteiger partial charge on any atom is 0.327 e. The molecule has 3 heterocycles. The van der Waals surface area contributed by atoms with Gasteiger partial charge in [-0.3, -0.25) is 4.79 Å². The number of fused-ring (bicyclic) bond motifs is 1. The third-order valence-corrected chi connectivity index (χ3v) is 5.27. The van der Waals surface area contributed by atoms with E-state index in [0.717, 1.165) is 12.8 Å². The number of carbonyl (C=O) groups is 3. The fourth-order valence-corrected chi connectivity index (χ4v) is 4.33. The summed E-state index contributed by atoms with van der Waals surface area (Å²) in [5.41, 5.74) is 0. The quantitative estimate of drug-likeness (QED) is 0.698. The summed E-state index contributed by atoms with van der Waals surface area (Å²) in [4.78, 5) is 38.6. The van der Waals surface area contributed by atoms with E-state index in [4.69, 9.17) is 5.11 Å². The molecule has 0 spiro atoms. The lowest BCUT2D eigenvalue weighted by Crippen LogP contribution is -2.55. The van der Waals surface area contributed by atoms with E-state index < -0.39 is 12.0 Å². The largest absolute Gasteiger partial charge is 0.480 e. The van der Waals surface area contributed by atoms with Crippen molar-refractivity contribution in [1.82, 2.24) is 15.1 Å². The highest BCUT2D eigenvalue weighted by Crippen LogP contribution is 2.30. The molecule has 3 atom stereocenters. The molecular weight excluding hydrogens is 282 g/mol. The summed E-state index contributed by atoms with van der Waals surface area (Å²) >= 11 is 1.45. The van der Waals surface area contributed by atoms with Crippen LogP contribution in [0.1, 0.15) is 12.8 Å². The Morgan fingerprint density at radius 2 is 2.15 bits per heavy atom. The molecular formula is C12H17N3O4S. The van der Waals surface area contributed by atoms with Gasteiger partial charge in [-0.05, 0) is 12.8 Å². The van der Waals surface area contributed by atoms with E-state index in [-0.39, 0.29) is 23.9 Å². The number of carboxylic acids is 1. The second kappa shape index (κ2) is 5.16. The summed E-state index contributed by atoms with van der Waals surface area (Å²) in [7, 11) is 0. The summed E-state index contributed by atoms with van der Waals surface area (Å²) in [6.07, 6.45) is 1.59. The first-order valence-electron chi connectivity index (χ1n) is 6.75. The van der Waals surface area contributed by atoms with E-state index in [2.05, 4.69) is 5.32 Å². The summed E-state index contributed by atoms with van der Waals surface area (Å²) in [6.45, 7) is 1.08. The van der Waals surface area contributed by atoms with Gasteiger partial charge in [0, 0.05) is 18.8 Å². The number of nitrogens with one attached hydrogen (secondary N) is 1. The lowest BCUT2D eigenvalue weighted by atomic mass is 9.92. The van der Waals surface area contributed by atoms with Crippen LogP contribution in [0.3, 0.4) is 0 Å². The maximum absolute atomic E-state index is 12.6. The Bertz CT molecular complexity index is 458. The number of likely N-dealkylation sites (tertiary alicyclic amines) is 1. The highest BCUT2D eigenvalue weighted by molar-refractivity contribution is 7.99. The van der Waals surface area contributed by atoms with Crippen LogP contribution in [0.4, 0.5) is 4.79 Å². The van der Waals surface area contributed by atoms with Gasteiger partial charge in [-0.2, -0.15) is 0 Å². The molecule has 110 valence electrons. The Morgan fingerprint density at radius 3 is 2.90 bits per heavy atom. The van der Waals surface area contributed by atoms with Crippen molar-refractivity contribution in [3.05, 3.63) is 0 Å². The van der Waals surface area contributed by atoms with Crippen molar-refractivity contribution in [2.75, 3.05) is 24.7 Å². The van der Waals surface area contributed by atoms with Gasteiger partial charge in [0.25, 0.3) is 0 Å². The smallest absolute Gasteiger partial charge is 0.327 e. The molecule has 7 nitrogen and oxygen atoms in total. The number of nitrogens with zero attached hydrogens (tertiary/aromatic N) is 2. The highest BCUT2D eigenvalue weighted by Gasteiger charge is 2.46. The second-order valence-corrected chi connectivity index (χ2v) is 6.36. The van der Waals surface area contributed by atoms with Crippen LogP contribution in [-0.2, 0) is 9.59 Å². The molecule has 3 fully saturated rings. The van der Waals surface area contributed by atoms with E-state index in [0.29, 0.717) is 24.7 Å². The zero-order valence-electron chi connectivity index (χ0n) is 10.9.